The molecule has 0 saturated heterocycles. The normalized spacial score (nSPS) is 9.17. The first-order valence-corrected chi connectivity index (χ1v) is 4.62. The second kappa shape index (κ2) is 5.76. The number of hydrogen-bond donors (Lipinski definition) is 0. The van der Waals surface area contributed by atoms with Crippen molar-refractivity contribution < 1.29 is 0 Å². The van der Waals surface area contributed by atoms with E-state index >= 15 is 0 Å². The molecule has 0 bridgehead atoms. The van der Waals surface area contributed by atoms with Crippen molar-refractivity contribution in [1.82, 2.24) is 4.98 Å². The van der Waals surface area contributed by atoms with Gasteiger partial charge in [0.25, 0.3) is 0 Å². The van der Waals surface area contributed by atoms with Crippen LogP contribution in [-0.2, 0) is 0 Å². The summed E-state index contributed by atoms with van der Waals surface area (Å²) in [7, 11) is 0. The van der Waals surface area contributed by atoms with E-state index in [0.29, 0.717) is 5.92 Å². The quantitative estimate of drug-likeness (QED) is 0.620. The molecular formula is C11H19N. The van der Waals surface area contributed by atoms with Crippen molar-refractivity contribution in [2.75, 3.05) is 0 Å². The van der Waals surface area contributed by atoms with Crippen molar-refractivity contribution >= 4 is 0 Å². The maximum atomic E-state index is 4.28. The molecule has 0 radical (unpaired) electrons. The van der Waals surface area contributed by atoms with Crippen molar-refractivity contribution in [3.63, 3.8) is 0 Å². The zero-order valence-electron chi connectivity index (χ0n) is 8.76. The predicted molar refractivity (Wildman–Crippen MR) is 54.4 cm³/mol. The molecule has 1 rings (SSSR count). The van der Waals surface area contributed by atoms with Crippen LogP contribution in [0, 0.1) is 6.92 Å². The fourth-order valence-corrected chi connectivity index (χ4v) is 0.821. The van der Waals surface area contributed by atoms with Gasteiger partial charge in [0.2, 0.25) is 0 Å². The Labute approximate surface area is 75.8 Å². The van der Waals surface area contributed by atoms with E-state index < -0.39 is 0 Å². The molecule has 1 aromatic rings. The molecule has 0 aliphatic rings. The molecule has 0 fully saturated rings. The number of hydrogen-bond acceptors (Lipinski definition) is 1. The molecule has 12 heavy (non-hydrogen) atoms. The molecule has 1 heteroatoms. The Morgan fingerprint density at radius 2 is 1.75 bits per heavy atom. The summed E-state index contributed by atoms with van der Waals surface area (Å²) in [5.41, 5.74) is 2.40. The lowest BCUT2D eigenvalue weighted by atomic mass is 10.1. The van der Waals surface area contributed by atoms with Crippen LogP contribution < -0.4 is 0 Å². The van der Waals surface area contributed by atoms with Gasteiger partial charge in [0.05, 0.1) is 0 Å². The zero-order valence-corrected chi connectivity index (χ0v) is 8.76. The predicted octanol–water partition coefficient (Wildman–Crippen LogP) is 3.54. The van der Waals surface area contributed by atoms with Crippen molar-refractivity contribution in [1.29, 1.82) is 0 Å². The SMILES string of the molecule is CC.Cc1ccc(C(C)C)nc1. The molecule has 1 heterocycles. The van der Waals surface area contributed by atoms with Crippen LogP contribution in [0.3, 0.4) is 0 Å². The highest BCUT2D eigenvalue weighted by Crippen LogP contribution is 2.10. The maximum absolute atomic E-state index is 4.28. The number of nitrogens with zero attached hydrogens (tertiary/aromatic N) is 1. The standard InChI is InChI=1S/C9H13N.C2H6/c1-7(2)9-5-4-8(3)6-10-9;1-2/h4-7H,1-3H3;1-2H3. The molecule has 0 spiro atoms. The van der Waals surface area contributed by atoms with Gasteiger partial charge in [-0.25, -0.2) is 0 Å². The summed E-state index contributed by atoms with van der Waals surface area (Å²) >= 11 is 0. The minimum Gasteiger partial charge on any atom is -0.261 e. The third-order valence-electron chi connectivity index (χ3n) is 1.53. The summed E-state index contributed by atoms with van der Waals surface area (Å²) in [6, 6.07) is 4.18. The van der Waals surface area contributed by atoms with Gasteiger partial charge in [-0.15, -0.1) is 0 Å². The maximum Gasteiger partial charge on any atom is 0.0429 e. The van der Waals surface area contributed by atoms with Gasteiger partial charge in [-0.2, -0.15) is 0 Å². The summed E-state index contributed by atoms with van der Waals surface area (Å²) in [4.78, 5) is 4.28. The van der Waals surface area contributed by atoms with E-state index in [1.54, 1.807) is 0 Å². The molecular weight excluding hydrogens is 146 g/mol. The van der Waals surface area contributed by atoms with Gasteiger partial charge in [0.15, 0.2) is 0 Å². The van der Waals surface area contributed by atoms with Gasteiger partial charge in [-0.3, -0.25) is 4.98 Å². The van der Waals surface area contributed by atoms with Crippen LogP contribution in [0.5, 0.6) is 0 Å². The lowest BCUT2D eigenvalue weighted by Crippen LogP contribution is -1.90. The van der Waals surface area contributed by atoms with E-state index in [0.717, 1.165) is 0 Å². The molecule has 0 N–H and O–H groups in total. The summed E-state index contributed by atoms with van der Waals surface area (Å²) in [5.74, 6) is 0.542. The van der Waals surface area contributed by atoms with Crippen molar-refractivity contribution in [3.8, 4) is 0 Å². The zero-order chi connectivity index (χ0) is 9.56. The summed E-state index contributed by atoms with van der Waals surface area (Å²) < 4.78 is 0. The van der Waals surface area contributed by atoms with Crippen LogP contribution in [0.2, 0.25) is 0 Å². The molecule has 0 atom stereocenters. The highest BCUT2D eigenvalue weighted by molar-refractivity contribution is 5.14. The monoisotopic (exact) mass is 165 g/mol. The highest BCUT2D eigenvalue weighted by atomic mass is 14.7. The van der Waals surface area contributed by atoms with Crippen LogP contribution in [0.25, 0.3) is 0 Å². The molecule has 0 aliphatic heterocycles. The number of aryl methyl sites for hydroxylation is 1. The van der Waals surface area contributed by atoms with Crippen molar-refractivity contribution in [2.24, 2.45) is 0 Å². The van der Waals surface area contributed by atoms with Gasteiger partial charge in [0.1, 0.15) is 0 Å². The first-order valence-electron chi connectivity index (χ1n) is 4.62. The third kappa shape index (κ3) is 3.51. The first kappa shape index (κ1) is 11.2. The summed E-state index contributed by atoms with van der Waals surface area (Å²) in [5, 5.41) is 0. The van der Waals surface area contributed by atoms with Gasteiger partial charge >= 0.3 is 0 Å². The lowest BCUT2D eigenvalue weighted by molar-refractivity contribution is 0.821. The minimum absolute atomic E-state index is 0.542. The fourth-order valence-electron chi connectivity index (χ4n) is 0.821. The Morgan fingerprint density at radius 3 is 2.08 bits per heavy atom. The van der Waals surface area contributed by atoms with Gasteiger partial charge in [-0.05, 0) is 24.5 Å². The fraction of sp³-hybridized carbons (Fsp3) is 0.545. The first-order chi connectivity index (χ1) is 5.70. The minimum atomic E-state index is 0.542. The van der Waals surface area contributed by atoms with Gasteiger partial charge in [0, 0.05) is 11.9 Å². The van der Waals surface area contributed by atoms with Crippen LogP contribution in [0.1, 0.15) is 44.9 Å². The molecule has 0 saturated carbocycles. The van der Waals surface area contributed by atoms with Gasteiger partial charge in [-0.1, -0.05) is 33.8 Å². The Hall–Kier alpha value is -0.850. The Kier molecular flexibility index (Phi) is 5.35. The van der Waals surface area contributed by atoms with Crippen LogP contribution in [-0.4, -0.2) is 4.98 Å². The molecule has 68 valence electrons. The van der Waals surface area contributed by atoms with Crippen LogP contribution in [0.4, 0.5) is 0 Å². The van der Waals surface area contributed by atoms with Crippen molar-refractivity contribution in [2.45, 2.75) is 40.5 Å². The van der Waals surface area contributed by atoms with E-state index in [9.17, 15) is 0 Å². The topological polar surface area (TPSA) is 12.9 Å². The molecule has 0 aliphatic carbocycles. The second-order valence-corrected chi connectivity index (χ2v) is 2.92. The van der Waals surface area contributed by atoms with E-state index in [1.165, 1.54) is 11.3 Å². The lowest BCUT2D eigenvalue weighted by Gasteiger charge is -2.02. The van der Waals surface area contributed by atoms with Crippen molar-refractivity contribution in [3.05, 3.63) is 29.6 Å². The van der Waals surface area contributed by atoms with Crippen LogP contribution in [0.15, 0.2) is 18.3 Å². The second-order valence-electron chi connectivity index (χ2n) is 2.92. The smallest absolute Gasteiger partial charge is 0.0429 e. The van der Waals surface area contributed by atoms with E-state index in [4.69, 9.17) is 0 Å². The Balaban J connectivity index is 0.000000561. The van der Waals surface area contributed by atoms with Gasteiger partial charge < -0.3 is 0 Å². The molecule has 1 nitrogen and oxygen atoms in total. The number of aromatic nitrogens is 1. The Morgan fingerprint density at radius 1 is 1.17 bits per heavy atom. The Bertz CT molecular complexity index is 199. The number of pyridine rings is 1. The third-order valence-corrected chi connectivity index (χ3v) is 1.53. The number of rotatable bonds is 1. The average molecular weight is 165 g/mol. The largest absolute Gasteiger partial charge is 0.261 e. The molecule has 0 amide bonds. The average Bonchev–Trinajstić information content (AvgIpc) is 2.09. The molecule has 0 unspecified atom stereocenters. The van der Waals surface area contributed by atoms with E-state index in [1.807, 2.05) is 20.0 Å². The van der Waals surface area contributed by atoms with E-state index in [-0.39, 0.29) is 0 Å². The summed E-state index contributed by atoms with van der Waals surface area (Å²) in [6.07, 6.45) is 1.91. The highest BCUT2D eigenvalue weighted by Gasteiger charge is 1.97. The van der Waals surface area contributed by atoms with E-state index in [2.05, 4.69) is 37.9 Å². The summed E-state index contributed by atoms with van der Waals surface area (Å²) in [6.45, 7) is 10.4. The van der Waals surface area contributed by atoms with Crippen LogP contribution >= 0.6 is 0 Å². The molecule has 0 aromatic carbocycles. The molecule has 1 aromatic heterocycles.